The zero-order valence-electron chi connectivity index (χ0n) is 14.0. The van der Waals surface area contributed by atoms with Crippen LogP contribution in [0.3, 0.4) is 0 Å². The van der Waals surface area contributed by atoms with Crippen LogP contribution in [-0.4, -0.2) is 46.8 Å². The van der Waals surface area contributed by atoms with Gasteiger partial charge in [0.1, 0.15) is 0 Å². The zero-order valence-corrected chi connectivity index (χ0v) is 14.0. The van der Waals surface area contributed by atoms with Crippen LogP contribution in [0.4, 0.5) is 35.1 Å². The fraction of sp³-hybridized carbons (Fsp3) is 0.929. The van der Waals surface area contributed by atoms with Gasteiger partial charge in [0.15, 0.2) is 11.7 Å². The van der Waals surface area contributed by atoms with E-state index < -0.39 is 60.5 Å². The lowest BCUT2D eigenvalue weighted by molar-refractivity contribution is -0.504. The summed E-state index contributed by atoms with van der Waals surface area (Å²) in [5, 5.41) is 9.46. The molecular weight excluding hydrogens is 384 g/mol. The highest BCUT2D eigenvalue weighted by atomic mass is 19.4. The van der Waals surface area contributed by atoms with Gasteiger partial charge in [-0.2, -0.15) is 35.1 Å². The first kappa shape index (κ1) is 22.9. The first-order valence-electron chi connectivity index (χ1n) is 7.63. The Bertz CT molecular complexity index is 532. The predicted octanol–water partition coefficient (Wildman–Crippen LogP) is 3.96. The van der Waals surface area contributed by atoms with Crippen LogP contribution in [0.2, 0.25) is 0 Å². The van der Waals surface area contributed by atoms with Crippen LogP contribution in [-0.2, 0) is 14.3 Å². The number of esters is 1. The molecule has 1 aliphatic heterocycles. The minimum atomic E-state index is -6.29. The van der Waals surface area contributed by atoms with Crippen molar-refractivity contribution in [1.82, 2.24) is 0 Å². The second kappa shape index (κ2) is 6.77. The van der Waals surface area contributed by atoms with Crippen molar-refractivity contribution < 1.29 is 54.5 Å². The van der Waals surface area contributed by atoms with Gasteiger partial charge in [-0.1, -0.05) is 20.8 Å². The number of rotatable bonds is 4. The van der Waals surface area contributed by atoms with Crippen molar-refractivity contribution in [2.45, 2.75) is 75.8 Å². The molecule has 0 aromatic rings. The number of aliphatic hydroxyl groups is 1. The molecular formula is C14H18F8O4. The standard InChI is InChI=1S/C14H18F8O4/c1-4-7(3)9(23)25-8-6-10(5-2,13(17,18)19)26-12(24,11(8,15)16)14(20,21)22/h7-8,24H,4-6H2,1-3H3. The van der Waals surface area contributed by atoms with Crippen LogP contribution in [0.5, 0.6) is 0 Å². The average Bonchev–Trinajstić information content (AvgIpc) is 2.48. The maximum absolute atomic E-state index is 14.3. The Balaban J connectivity index is 3.50. The summed E-state index contributed by atoms with van der Waals surface area (Å²) >= 11 is 0. The van der Waals surface area contributed by atoms with Gasteiger partial charge in [0.25, 0.3) is 0 Å². The highest BCUT2D eigenvalue weighted by molar-refractivity contribution is 5.72. The molecule has 0 aromatic carbocycles. The molecule has 0 amide bonds. The van der Waals surface area contributed by atoms with E-state index in [4.69, 9.17) is 0 Å². The zero-order chi connectivity index (χ0) is 20.8. The Hall–Kier alpha value is -1.17. The molecule has 1 saturated heterocycles. The summed E-state index contributed by atoms with van der Waals surface area (Å²) in [6, 6.07) is 0. The number of halogens is 8. The van der Waals surface area contributed by atoms with Crippen LogP contribution in [0, 0.1) is 5.92 Å². The van der Waals surface area contributed by atoms with Crippen molar-refractivity contribution in [2.75, 3.05) is 0 Å². The molecule has 0 aromatic heterocycles. The summed E-state index contributed by atoms with van der Waals surface area (Å²) in [4.78, 5) is 11.7. The van der Waals surface area contributed by atoms with Gasteiger partial charge in [-0.05, 0) is 12.8 Å². The number of hydrogen-bond donors (Lipinski definition) is 1. The summed E-state index contributed by atoms with van der Waals surface area (Å²) in [6.07, 6.45) is -18.0. The van der Waals surface area contributed by atoms with Crippen LogP contribution in [0.25, 0.3) is 0 Å². The molecule has 0 aliphatic carbocycles. The third kappa shape index (κ3) is 3.49. The summed E-state index contributed by atoms with van der Waals surface area (Å²) in [7, 11) is 0. The topological polar surface area (TPSA) is 55.8 Å². The molecule has 1 rings (SSSR count). The molecule has 0 radical (unpaired) electrons. The molecule has 0 saturated carbocycles. The molecule has 154 valence electrons. The maximum atomic E-state index is 14.3. The van der Waals surface area contributed by atoms with Gasteiger partial charge in [0.2, 0.25) is 0 Å². The molecule has 1 heterocycles. The Morgan fingerprint density at radius 3 is 2.04 bits per heavy atom. The predicted molar refractivity (Wildman–Crippen MR) is 70.1 cm³/mol. The van der Waals surface area contributed by atoms with Crippen LogP contribution in [0.15, 0.2) is 0 Å². The largest absolute Gasteiger partial charge is 0.455 e. The molecule has 26 heavy (non-hydrogen) atoms. The van der Waals surface area contributed by atoms with E-state index in [1.54, 1.807) is 0 Å². The Morgan fingerprint density at radius 2 is 1.69 bits per heavy atom. The highest BCUT2D eigenvalue weighted by Gasteiger charge is 2.82. The van der Waals surface area contributed by atoms with Gasteiger partial charge in [-0.25, -0.2) is 0 Å². The lowest BCUT2D eigenvalue weighted by Crippen LogP contribution is -2.75. The van der Waals surface area contributed by atoms with E-state index in [2.05, 4.69) is 9.47 Å². The van der Waals surface area contributed by atoms with Crippen molar-refractivity contribution in [2.24, 2.45) is 5.92 Å². The van der Waals surface area contributed by atoms with Crippen molar-refractivity contribution >= 4 is 5.97 Å². The summed E-state index contributed by atoms with van der Waals surface area (Å²) in [6.45, 7) is 3.39. The smallest absolute Gasteiger partial charge is 0.449 e. The van der Waals surface area contributed by atoms with Crippen molar-refractivity contribution in [3.8, 4) is 0 Å². The molecule has 1 fully saturated rings. The maximum Gasteiger partial charge on any atom is 0.449 e. The third-order valence-electron chi connectivity index (χ3n) is 4.46. The molecule has 0 bridgehead atoms. The van der Waals surface area contributed by atoms with Crippen molar-refractivity contribution in [1.29, 1.82) is 0 Å². The molecule has 1 aliphatic rings. The molecule has 0 spiro atoms. The third-order valence-corrected chi connectivity index (χ3v) is 4.46. The van der Waals surface area contributed by atoms with E-state index in [1.165, 1.54) is 13.8 Å². The van der Waals surface area contributed by atoms with E-state index in [1.807, 2.05) is 0 Å². The van der Waals surface area contributed by atoms with Gasteiger partial charge in [0, 0.05) is 6.42 Å². The first-order valence-corrected chi connectivity index (χ1v) is 7.63. The number of carbonyl (C=O) groups is 1. The lowest BCUT2D eigenvalue weighted by atomic mass is 9.82. The SMILES string of the molecule is CCC(C)C(=O)OC1CC(CC)(C(F)(F)F)OC(O)(C(F)(F)F)C1(F)F. The number of ether oxygens (including phenoxy) is 2. The van der Waals surface area contributed by atoms with E-state index in [-0.39, 0.29) is 6.42 Å². The van der Waals surface area contributed by atoms with Gasteiger partial charge >= 0.3 is 30.0 Å². The summed E-state index contributed by atoms with van der Waals surface area (Å²) < 4.78 is 116. The van der Waals surface area contributed by atoms with E-state index in [9.17, 15) is 45.0 Å². The normalized spacial score (nSPS) is 33.6. The molecule has 4 atom stereocenters. The minimum Gasteiger partial charge on any atom is -0.455 e. The van der Waals surface area contributed by atoms with Gasteiger partial charge < -0.3 is 14.6 Å². The van der Waals surface area contributed by atoms with Gasteiger partial charge in [0.05, 0.1) is 5.92 Å². The Morgan fingerprint density at radius 1 is 1.19 bits per heavy atom. The van der Waals surface area contributed by atoms with Crippen LogP contribution >= 0.6 is 0 Å². The van der Waals surface area contributed by atoms with E-state index in [0.717, 1.165) is 6.92 Å². The monoisotopic (exact) mass is 402 g/mol. The summed E-state index contributed by atoms with van der Waals surface area (Å²) in [5.41, 5.74) is -3.78. The van der Waals surface area contributed by atoms with Crippen molar-refractivity contribution in [3.05, 3.63) is 0 Å². The highest BCUT2D eigenvalue weighted by Crippen LogP contribution is 2.57. The molecule has 4 nitrogen and oxygen atoms in total. The molecule has 4 unspecified atom stereocenters. The average molecular weight is 402 g/mol. The van der Waals surface area contributed by atoms with E-state index in [0.29, 0.717) is 0 Å². The molecule has 1 N–H and O–H groups in total. The fourth-order valence-corrected chi connectivity index (χ4v) is 2.41. The minimum absolute atomic E-state index is 0.0509. The molecule has 12 heteroatoms. The Kier molecular flexibility index (Phi) is 5.96. The van der Waals surface area contributed by atoms with Crippen molar-refractivity contribution in [3.63, 3.8) is 0 Å². The van der Waals surface area contributed by atoms with Gasteiger partial charge in [-0.3, -0.25) is 4.79 Å². The second-order valence-electron chi connectivity index (χ2n) is 6.15. The van der Waals surface area contributed by atoms with Gasteiger partial charge in [-0.15, -0.1) is 0 Å². The number of hydrogen-bond acceptors (Lipinski definition) is 4. The van der Waals surface area contributed by atoms with Crippen LogP contribution < -0.4 is 0 Å². The van der Waals surface area contributed by atoms with Crippen LogP contribution in [0.1, 0.15) is 40.0 Å². The van der Waals surface area contributed by atoms with E-state index >= 15 is 0 Å². The number of carbonyl (C=O) groups excluding carboxylic acids is 1. The fourth-order valence-electron chi connectivity index (χ4n) is 2.41. The second-order valence-corrected chi connectivity index (χ2v) is 6.15. The first-order chi connectivity index (χ1) is 11.5. The lowest BCUT2D eigenvalue weighted by Gasteiger charge is -2.51. The quantitative estimate of drug-likeness (QED) is 0.571. The Labute approximate surface area is 143 Å². The summed E-state index contributed by atoms with van der Waals surface area (Å²) in [5.74, 6) is -13.3. The number of alkyl halides is 8.